The van der Waals surface area contributed by atoms with Gasteiger partial charge in [-0.15, -0.1) is 0 Å². The Morgan fingerprint density at radius 1 is 1.10 bits per heavy atom. The highest BCUT2D eigenvalue weighted by Gasteiger charge is 2.17. The molecule has 0 atom stereocenters. The SMILES string of the molecule is O=C(O)CCN(Cc1ccccc1)C(=O)c1cccnc1. The van der Waals surface area contributed by atoms with Crippen LogP contribution in [0.1, 0.15) is 22.3 Å². The molecule has 108 valence electrons. The highest BCUT2D eigenvalue weighted by atomic mass is 16.4. The quantitative estimate of drug-likeness (QED) is 0.882. The van der Waals surface area contributed by atoms with E-state index in [4.69, 9.17) is 5.11 Å². The van der Waals surface area contributed by atoms with Gasteiger partial charge in [-0.2, -0.15) is 0 Å². The number of amides is 1. The number of carbonyl (C=O) groups is 2. The number of carbonyl (C=O) groups excluding carboxylic acids is 1. The van der Waals surface area contributed by atoms with E-state index in [-0.39, 0.29) is 18.9 Å². The molecule has 0 saturated heterocycles. The van der Waals surface area contributed by atoms with Crippen LogP contribution in [-0.4, -0.2) is 33.4 Å². The first-order valence-electron chi connectivity index (χ1n) is 6.62. The number of benzene rings is 1. The monoisotopic (exact) mass is 284 g/mol. The summed E-state index contributed by atoms with van der Waals surface area (Å²) in [7, 11) is 0. The van der Waals surface area contributed by atoms with E-state index < -0.39 is 5.97 Å². The lowest BCUT2D eigenvalue weighted by Gasteiger charge is -2.22. The van der Waals surface area contributed by atoms with Gasteiger partial charge in [-0.3, -0.25) is 14.6 Å². The third kappa shape index (κ3) is 4.42. The number of aliphatic carboxylic acids is 1. The Morgan fingerprint density at radius 2 is 1.86 bits per heavy atom. The number of hydrogen-bond acceptors (Lipinski definition) is 3. The zero-order chi connectivity index (χ0) is 15.1. The first-order valence-corrected chi connectivity index (χ1v) is 6.62. The second-order valence-electron chi connectivity index (χ2n) is 4.60. The van der Waals surface area contributed by atoms with Crippen LogP contribution in [-0.2, 0) is 11.3 Å². The fourth-order valence-electron chi connectivity index (χ4n) is 1.96. The summed E-state index contributed by atoms with van der Waals surface area (Å²) in [6.45, 7) is 0.541. The van der Waals surface area contributed by atoms with E-state index in [2.05, 4.69) is 4.98 Å². The number of carboxylic acid groups (broad SMARTS) is 1. The van der Waals surface area contributed by atoms with Gasteiger partial charge in [0.2, 0.25) is 0 Å². The summed E-state index contributed by atoms with van der Waals surface area (Å²) in [5, 5.41) is 8.83. The van der Waals surface area contributed by atoms with Crippen molar-refractivity contribution < 1.29 is 14.7 Å². The van der Waals surface area contributed by atoms with E-state index in [9.17, 15) is 9.59 Å². The lowest BCUT2D eigenvalue weighted by atomic mass is 10.2. The second-order valence-corrected chi connectivity index (χ2v) is 4.60. The van der Waals surface area contributed by atoms with Gasteiger partial charge in [0.1, 0.15) is 0 Å². The molecule has 1 amide bonds. The Balaban J connectivity index is 2.15. The predicted molar refractivity (Wildman–Crippen MR) is 77.7 cm³/mol. The topological polar surface area (TPSA) is 70.5 Å². The summed E-state index contributed by atoms with van der Waals surface area (Å²) in [5.74, 6) is -1.14. The van der Waals surface area contributed by atoms with Crippen molar-refractivity contribution in [1.82, 2.24) is 9.88 Å². The molecule has 21 heavy (non-hydrogen) atoms. The minimum atomic E-state index is -0.924. The number of pyridine rings is 1. The minimum absolute atomic E-state index is 0.0845. The summed E-state index contributed by atoms with van der Waals surface area (Å²) in [4.78, 5) is 28.7. The zero-order valence-corrected chi connectivity index (χ0v) is 11.5. The average molecular weight is 284 g/mol. The molecule has 0 bridgehead atoms. The minimum Gasteiger partial charge on any atom is -0.481 e. The fraction of sp³-hybridized carbons (Fsp3) is 0.188. The van der Waals surface area contributed by atoms with Crippen LogP contribution in [0.25, 0.3) is 0 Å². The van der Waals surface area contributed by atoms with Crippen LogP contribution in [0.3, 0.4) is 0 Å². The van der Waals surface area contributed by atoms with Crippen molar-refractivity contribution >= 4 is 11.9 Å². The Labute approximate surface area is 122 Å². The van der Waals surface area contributed by atoms with Crippen molar-refractivity contribution in [2.24, 2.45) is 0 Å². The highest BCUT2D eigenvalue weighted by Crippen LogP contribution is 2.10. The molecular formula is C16H16N2O3. The Bertz CT molecular complexity index is 599. The number of hydrogen-bond donors (Lipinski definition) is 1. The number of nitrogens with zero attached hydrogens (tertiary/aromatic N) is 2. The molecule has 0 saturated carbocycles. The Morgan fingerprint density at radius 3 is 2.48 bits per heavy atom. The van der Waals surface area contributed by atoms with Crippen LogP contribution in [0.15, 0.2) is 54.9 Å². The van der Waals surface area contributed by atoms with E-state index in [0.29, 0.717) is 12.1 Å². The molecule has 1 heterocycles. The van der Waals surface area contributed by atoms with E-state index in [0.717, 1.165) is 5.56 Å². The normalized spacial score (nSPS) is 10.1. The fourth-order valence-corrected chi connectivity index (χ4v) is 1.96. The first kappa shape index (κ1) is 14.7. The summed E-state index contributed by atoms with van der Waals surface area (Å²) >= 11 is 0. The van der Waals surface area contributed by atoms with Crippen molar-refractivity contribution in [2.75, 3.05) is 6.54 Å². The molecule has 0 spiro atoms. The van der Waals surface area contributed by atoms with E-state index in [1.807, 2.05) is 30.3 Å². The van der Waals surface area contributed by atoms with Gasteiger partial charge < -0.3 is 10.0 Å². The van der Waals surface area contributed by atoms with Crippen molar-refractivity contribution in [2.45, 2.75) is 13.0 Å². The van der Waals surface area contributed by atoms with Crippen molar-refractivity contribution in [3.63, 3.8) is 0 Å². The zero-order valence-electron chi connectivity index (χ0n) is 11.5. The van der Waals surface area contributed by atoms with Crippen LogP contribution in [0.2, 0.25) is 0 Å². The number of rotatable bonds is 6. The molecule has 0 unspecified atom stereocenters. The van der Waals surface area contributed by atoms with Crippen LogP contribution in [0, 0.1) is 0 Å². The molecule has 2 rings (SSSR count). The van der Waals surface area contributed by atoms with Crippen LogP contribution < -0.4 is 0 Å². The average Bonchev–Trinajstić information content (AvgIpc) is 2.52. The summed E-state index contributed by atoms with van der Waals surface area (Å²) in [6, 6.07) is 12.8. The largest absolute Gasteiger partial charge is 0.481 e. The lowest BCUT2D eigenvalue weighted by Crippen LogP contribution is -2.32. The molecule has 0 aliphatic heterocycles. The maximum Gasteiger partial charge on any atom is 0.305 e. The standard InChI is InChI=1S/C16H16N2O3/c19-15(20)8-10-18(12-13-5-2-1-3-6-13)16(21)14-7-4-9-17-11-14/h1-7,9,11H,8,10,12H2,(H,19,20). The predicted octanol–water partition coefficient (Wildman–Crippen LogP) is 2.20. The van der Waals surface area contributed by atoms with Gasteiger partial charge in [0.05, 0.1) is 12.0 Å². The Kier molecular flexibility index (Phi) is 5.04. The van der Waals surface area contributed by atoms with Gasteiger partial charge >= 0.3 is 5.97 Å². The first-order chi connectivity index (χ1) is 10.2. The molecule has 2 aromatic rings. The van der Waals surface area contributed by atoms with Crippen molar-refractivity contribution in [3.05, 3.63) is 66.0 Å². The third-order valence-electron chi connectivity index (χ3n) is 3.01. The van der Waals surface area contributed by atoms with Crippen LogP contribution in [0.4, 0.5) is 0 Å². The molecule has 1 aromatic carbocycles. The van der Waals surface area contributed by atoms with Gasteiger partial charge in [-0.1, -0.05) is 30.3 Å². The van der Waals surface area contributed by atoms with E-state index in [1.165, 1.54) is 11.1 Å². The smallest absolute Gasteiger partial charge is 0.305 e. The third-order valence-corrected chi connectivity index (χ3v) is 3.01. The van der Waals surface area contributed by atoms with Gasteiger partial charge in [0.25, 0.3) is 5.91 Å². The van der Waals surface area contributed by atoms with E-state index in [1.54, 1.807) is 18.3 Å². The summed E-state index contributed by atoms with van der Waals surface area (Å²) in [5.41, 5.74) is 1.42. The molecule has 5 heteroatoms. The maximum atomic E-state index is 12.5. The molecule has 1 aromatic heterocycles. The summed E-state index contributed by atoms with van der Waals surface area (Å²) in [6.07, 6.45) is 3.00. The molecule has 5 nitrogen and oxygen atoms in total. The van der Waals surface area contributed by atoms with Crippen LogP contribution in [0.5, 0.6) is 0 Å². The molecule has 0 radical (unpaired) electrons. The molecule has 0 fully saturated rings. The molecule has 0 aliphatic carbocycles. The molecule has 0 aliphatic rings. The second kappa shape index (κ2) is 7.19. The lowest BCUT2D eigenvalue weighted by molar-refractivity contribution is -0.137. The maximum absolute atomic E-state index is 12.5. The van der Waals surface area contributed by atoms with E-state index >= 15 is 0 Å². The Hall–Kier alpha value is -2.69. The van der Waals surface area contributed by atoms with Gasteiger partial charge in [-0.25, -0.2) is 0 Å². The van der Waals surface area contributed by atoms with Gasteiger partial charge in [0, 0.05) is 25.5 Å². The highest BCUT2D eigenvalue weighted by molar-refractivity contribution is 5.94. The summed E-state index contributed by atoms with van der Waals surface area (Å²) < 4.78 is 0. The molecular weight excluding hydrogens is 268 g/mol. The van der Waals surface area contributed by atoms with Gasteiger partial charge in [0.15, 0.2) is 0 Å². The number of carboxylic acids is 1. The number of aromatic nitrogens is 1. The van der Waals surface area contributed by atoms with Crippen molar-refractivity contribution in [1.29, 1.82) is 0 Å². The van der Waals surface area contributed by atoms with Crippen LogP contribution >= 0.6 is 0 Å². The van der Waals surface area contributed by atoms with Crippen molar-refractivity contribution in [3.8, 4) is 0 Å². The van der Waals surface area contributed by atoms with Gasteiger partial charge in [-0.05, 0) is 17.7 Å². The molecule has 1 N–H and O–H groups in total.